The molecule has 5 nitrogen and oxygen atoms in total. The molecule has 0 aromatic heterocycles. The number of amides is 2. The van der Waals surface area contributed by atoms with E-state index in [1.165, 1.54) is 20.0 Å². The van der Waals surface area contributed by atoms with Crippen LogP contribution in [0.2, 0.25) is 0 Å². The molecule has 0 saturated heterocycles. The summed E-state index contributed by atoms with van der Waals surface area (Å²) in [4.78, 5) is 26.5. The minimum Gasteiger partial charge on any atom is -0.469 e. The Bertz CT molecular complexity index is 525. The number of anilines is 1. The second-order valence-corrected chi connectivity index (χ2v) is 6.52. The van der Waals surface area contributed by atoms with Crippen molar-refractivity contribution in [2.24, 2.45) is 5.92 Å². The van der Waals surface area contributed by atoms with Crippen molar-refractivity contribution >= 4 is 17.7 Å². The number of ether oxygens (including phenoxy) is 1. The van der Waals surface area contributed by atoms with Crippen molar-refractivity contribution in [1.82, 2.24) is 4.90 Å². The standard InChI is InChI=1S/C19H28N2O3/c1-15(18(22)24-2)14-21(17-12-8-3-4-9-13-17)19(23)20-16-10-6-5-7-11-16/h5-7,10-11,15,17H,3-4,8-9,12-14H2,1-2H3,(H,20,23). The van der Waals surface area contributed by atoms with E-state index in [0.29, 0.717) is 6.54 Å². The summed E-state index contributed by atoms with van der Waals surface area (Å²) in [6, 6.07) is 9.48. The Labute approximate surface area is 144 Å². The number of methoxy groups -OCH3 is 1. The summed E-state index contributed by atoms with van der Waals surface area (Å²) in [6.45, 7) is 2.20. The van der Waals surface area contributed by atoms with Crippen LogP contribution in [0.25, 0.3) is 0 Å². The van der Waals surface area contributed by atoms with Crippen LogP contribution in [0, 0.1) is 5.92 Å². The Morgan fingerprint density at radius 1 is 1.17 bits per heavy atom. The maximum absolute atomic E-state index is 12.8. The summed E-state index contributed by atoms with van der Waals surface area (Å²) < 4.78 is 4.83. The number of urea groups is 1. The molecule has 5 heteroatoms. The van der Waals surface area contributed by atoms with E-state index in [2.05, 4.69) is 5.32 Å². The Balaban J connectivity index is 2.10. The number of benzene rings is 1. The highest BCUT2D eigenvalue weighted by Crippen LogP contribution is 2.24. The smallest absolute Gasteiger partial charge is 0.322 e. The molecular weight excluding hydrogens is 304 g/mol. The number of esters is 1. The van der Waals surface area contributed by atoms with Gasteiger partial charge in [-0.15, -0.1) is 0 Å². The maximum Gasteiger partial charge on any atom is 0.322 e. The van der Waals surface area contributed by atoms with E-state index >= 15 is 0 Å². The van der Waals surface area contributed by atoms with Gasteiger partial charge in [0.05, 0.1) is 13.0 Å². The molecule has 0 spiro atoms. The van der Waals surface area contributed by atoms with Crippen LogP contribution in [0.3, 0.4) is 0 Å². The molecule has 132 valence electrons. The molecule has 1 N–H and O–H groups in total. The fourth-order valence-corrected chi connectivity index (χ4v) is 3.25. The Morgan fingerprint density at radius 3 is 2.38 bits per heavy atom. The summed E-state index contributed by atoms with van der Waals surface area (Å²) in [5.74, 6) is -0.610. The first-order valence-electron chi connectivity index (χ1n) is 8.82. The van der Waals surface area contributed by atoms with Crippen molar-refractivity contribution in [2.45, 2.75) is 51.5 Å². The summed E-state index contributed by atoms with van der Waals surface area (Å²) in [5.41, 5.74) is 0.770. The molecule has 2 rings (SSSR count). The zero-order valence-electron chi connectivity index (χ0n) is 14.7. The molecule has 0 radical (unpaired) electrons. The monoisotopic (exact) mass is 332 g/mol. The van der Waals surface area contributed by atoms with Crippen LogP contribution < -0.4 is 5.32 Å². The molecular formula is C19H28N2O3. The third-order valence-electron chi connectivity index (χ3n) is 4.63. The van der Waals surface area contributed by atoms with Crippen LogP contribution in [0.5, 0.6) is 0 Å². The predicted octanol–water partition coefficient (Wildman–Crippen LogP) is 4.05. The van der Waals surface area contributed by atoms with Gasteiger partial charge in [-0.3, -0.25) is 4.79 Å². The highest BCUT2D eigenvalue weighted by Gasteiger charge is 2.28. The summed E-state index contributed by atoms with van der Waals surface area (Å²) in [7, 11) is 1.39. The zero-order valence-corrected chi connectivity index (χ0v) is 14.7. The quantitative estimate of drug-likeness (QED) is 0.653. The summed E-state index contributed by atoms with van der Waals surface area (Å²) >= 11 is 0. The van der Waals surface area contributed by atoms with Gasteiger partial charge in [0.1, 0.15) is 0 Å². The first-order valence-corrected chi connectivity index (χ1v) is 8.82. The number of rotatable bonds is 5. The van der Waals surface area contributed by atoms with E-state index in [1.807, 2.05) is 42.2 Å². The van der Waals surface area contributed by atoms with Gasteiger partial charge in [0, 0.05) is 18.3 Å². The lowest BCUT2D eigenvalue weighted by Gasteiger charge is -2.33. The van der Waals surface area contributed by atoms with Gasteiger partial charge in [-0.2, -0.15) is 0 Å². The van der Waals surface area contributed by atoms with Gasteiger partial charge in [0.2, 0.25) is 0 Å². The Morgan fingerprint density at radius 2 is 1.79 bits per heavy atom. The van der Waals surface area contributed by atoms with Gasteiger partial charge >= 0.3 is 12.0 Å². The molecule has 0 aliphatic heterocycles. The van der Waals surface area contributed by atoms with Gasteiger partial charge in [-0.25, -0.2) is 4.79 Å². The average molecular weight is 332 g/mol. The molecule has 1 fully saturated rings. The molecule has 2 amide bonds. The van der Waals surface area contributed by atoms with E-state index in [1.54, 1.807) is 0 Å². The number of hydrogen-bond donors (Lipinski definition) is 1. The normalized spacial score (nSPS) is 16.8. The lowest BCUT2D eigenvalue weighted by molar-refractivity contribution is -0.145. The van der Waals surface area contributed by atoms with Crippen LogP contribution in [0.1, 0.15) is 45.4 Å². The fraction of sp³-hybridized carbons (Fsp3) is 0.579. The molecule has 24 heavy (non-hydrogen) atoms. The van der Waals surface area contributed by atoms with Crippen molar-refractivity contribution in [1.29, 1.82) is 0 Å². The van der Waals surface area contributed by atoms with Crippen molar-refractivity contribution in [3.63, 3.8) is 0 Å². The fourth-order valence-electron chi connectivity index (χ4n) is 3.25. The molecule has 1 unspecified atom stereocenters. The third kappa shape index (κ3) is 5.25. The topological polar surface area (TPSA) is 58.6 Å². The minimum absolute atomic E-state index is 0.135. The lowest BCUT2D eigenvalue weighted by atomic mass is 10.0. The maximum atomic E-state index is 12.8. The molecule has 1 aliphatic carbocycles. The Hall–Kier alpha value is -2.04. The van der Waals surface area contributed by atoms with E-state index < -0.39 is 0 Å². The van der Waals surface area contributed by atoms with Crippen molar-refractivity contribution in [3.8, 4) is 0 Å². The number of carbonyl (C=O) groups excluding carboxylic acids is 2. The predicted molar refractivity (Wildman–Crippen MR) is 94.8 cm³/mol. The molecule has 1 aliphatic rings. The van der Waals surface area contributed by atoms with Crippen LogP contribution in [0.4, 0.5) is 10.5 Å². The minimum atomic E-state index is -0.334. The van der Waals surface area contributed by atoms with E-state index in [4.69, 9.17) is 4.74 Å². The average Bonchev–Trinajstić information content (AvgIpc) is 2.88. The molecule has 0 heterocycles. The molecule has 1 aromatic rings. The number of nitrogens with zero attached hydrogens (tertiary/aromatic N) is 1. The summed E-state index contributed by atoms with van der Waals surface area (Å²) in [6.07, 6.45) is 6.69. The largest absolute Gasteiger partial charge is 0.469 e. The second kappa shape index (κ2) is 9.30. The Kier molecular flexibility index (Phi) is 7.09. The lowest BCUT2D eigenvalue weighted by Crippen LogP contribution is -2.46. The first-order chi connectivity index (χ1) is 11.6. The second-order valence-electron chi connectivity index (χ2n) is 6.52. The van der Waals surface area contributed by atoms with Crippen molar-refractivity contribution in [3.05, 3.63) is 30.3 Å². The molecule has 1 aromatic carbocycles. The van der Waals surface area contributed by atoms with Crippen molar-refractivity contribution in [2.75, 3.05) is 19.0 Å². The van der Waals surface area contributed by atoms with Gasteiger partial charge < -0.3 is 15.0 Å². The SMILES string of the molecule is COC(=O)C(C)CN(C(=O)Nc1ccccc1)C1CCCCCC1. The van der Waals surface area contributed by atoms with Crippen LogP contribution in [-0.2, 0) is 9.53 Å². The molecule has 1 atom stereocenters. The highest BCUT2D eigenvalue weighted by molar-refractivity contribution is 5.89. The number of para-hydroxylation sites is 1. The van der Waals surface area contributed by atoms with Crippen LogP contribution >= 0.6 is 0 Å². The van der Waals surface area contributed by atoms with Crippen LogP contribution in [-0.4, -0.2) is 36.6 Å². The van der Waals surface area contributed by atoms with Gasteiger partial charge in [-0.1, -0.05) is 50.8 Å². The van der Waals surface area contributed by atoms with Crippen LogP contribution in [0.15, 0.2) is 30.3 Å². The number of nitrogens with one attached hydrogen (secondary N) is 1. The van der Waals surface area contributed by atoms with Gasteiger partial charge in [0.15, 0.2) is 0 Å². The number of carbonyl (C=O) groups is 2. The van der Waals surface area contributed by atoms with E-state index in [0.717, 1.165) is 31.4 Å². The number of hydrogen-bond acceptors (Lipinski definition) is 3. The highest BCUT2D eigenvalue weighted by atomic mass is 16.5. The zero-order chi connectivity index (χ0) is 17.4. The van der Waals surface area contributed by atoms with Gasteiger partial charge in [-0.05, 0) is 25.0 Å². The van der Waals surface area contributed by atoms with Crippen molar-refractivity contribution < 1.29 is 14.3 Å². The van der Waals surface area contributed by atoms with E-state index in [-0.39, 0.29) is 24.0 Å². The van der Waals surface area contributed by atoms with E-state index in [9.17, 15) is 9.59 Å². The van der Waals surface area contributed by atoms with Gasteiger partial charge in [0.25, 0.3) is 0 Å². The summed E-state index contributed by atoms with van der Waals surface area (Å²) in [5, 5.41) is 2.96. The molecule has 0 bridgehead atoms. The molecule has 1 saturated carbocycles. The first kappa shape index (κ1) is 18.3. The third-order valence-corrected chi connectivity index (χ3v) is 4.63.